The van der Waals surface area contributed by atoms with Crippen LogP contribution in [0.3, 0.4) is 0 Å². The van der Waals surface area contributed by atoms with E-state index in [-0.39, 0.29) is 0 Å². The summed E-state index contributed by atoms with van der Waals surface area (Å²) in [6.07, 6.45) is 21.8. The van der Waals surface area contributed by atoms with Crippen LogP contribution in [0.4, 0.5) is 0 Å². The summed E-state index contributed by atoms with van der Waals surface area (Å²) in [6, 6.07) is 8.01. The van der Waals surface area contributed by atoms with Crippen LogP contribution in [0.2, 0.25) is 0 Å². The monoisotopic (exact) mass is 573 g/mol. The highest BCUT2D eigenvalue weighted by Gasteiger charge is 2.33. The van der Waals surface area contributed by atoms with Gasteiger partial charge in [-0.1, -0.05) is 115 Å². The van der Waals surface area contributed by atoms with Crippen molar-refractivity contribution in [3.05, 3.63) is 29.8 Å². The Morgan fingerprint density at radius 2 is 1.18 bits per heavy atom. The largest absolute Gasteiger partial charge is 0.494 e. The van der Waals surface area contributed by atoms with Gasteiger partial charge < -0.3 is 4.74 Å². The number of benzene rings is 1. The standard InChI is InChI=1S/C31H47N3OS3/c1-2-3-4-5-6-7-8-9-10-11-12-13-14-15-16-17-22-35-30-20-18-29(19-21-30)31(23-34-28-36,24-37-26-32)25-38-27-33/h18-21H,2-17,22-25H2,1H3. The van der Waals surface area contributed by atoms with Crippen LogP contribution in [0, 0.1) is 21.3 Å². The first-order valence-electron chi connectivity index (χ1n) is 14.5. The lowest BCUT2D eigenvalue weighted by atomic mass is 9.84. The minimum absolute atomic E-state index is 0.402. The van der Waals surface area contributed by atoms with Gasteiger partial charge in [-0.25, -0.2) is 4.99 Å². The highest BCUT2D eigenvalue weighted by atomic mass is 32.2. The van der Waals surface area contributed by atoms with Gasteiger partial charge >= 0.3 is 0 Å². The molecule has 0 aliphatic rings. The SMILES string of the molecule is CCCCCCCCCCCCCCCCCCOc1ccc(C(CN=C=S)(CSC#N)CSC#N)cc1. The number of hydrogen-bond acceptors (Lipinski definition) is 7. The third kappa shape index (κ3) is 16.5. The number of rotatable bonds is 25. The lowest BCUT2D eigenvalue weighted by Gasteiger charge is -2.30. The van der Waals surface area contributed by atoms with E-state index < -0.39 is 5.41 Å². The normalized spacial score (nSPS) is 10.9. The molecule has 0 aliphatic carbocycles. The molecule has 0 N–H and O–H groups in total. The second-order valence-corrected chi connectivity index (χ2v) is 11.8. The van der Waals surface area contributed by atoms with E-state index in [0.29, 0.717) is 18.1 Å². The van der Waals surface area contributed by atoms with Gasteiger partial charge in [0.2, 0.25) is 0 Å². The lowest BCUT2D eigenvalue weighted by molar-refractivity contribution is 0.304. The predicted octanol–water partition coefficient (Wildman–Crippen LogP) is 10.1. The highest BCUT2D eigenvalue weighted by molar-refractivity contribution is 8.04. The first kappa shape index (κ1) is 34.5. The Labute approximate surface area is 246 Å². The summed E-state index contributed by atoms with van der Waals surface area (Å²) in [7, 11) is 0. The maximum absolute atomic E-state index is 9.10. The molecule has 1 aromatic rings. The topological polar surface area (TPSA) is 69.2 Å². The Hall–Kier alpha value is -1.50. The molecule has 1 rings (SSSR count). The second kappa shape index (κ2) is 24.5. The van der Waals surface area contributed by atoms with Gasteiger partial charge in [-0.05, 0) is 59.9 Å². The fourth-order valence-electron chi connectivity index (χ4n) is 4.66. The summed E-state index contributed by atoms with van der Waals surface area (Å²) in [4.78, 5) is 4.16. The summed E-state index contributed by atoms with van der Waals surface area (Å²) < 4.78 is 5.97. The summed E-state index contributed by atoms with van der Waals surface area (Å²) in [5.74, 6) is 1.93. The summed E-state index contributed by atoms with van der Waals surface area (Å²) in [5, 5.41) is 24.9. The zero-order valence-corrected chi connectivity index (χ0v) is 25.9. The predicted molar refractivity (Wildman–Crippen MR) is 169 cm³/mol. The summed E-state index contributed by atoms with van der Waals surface area (Å²) >= 11 is 7.13. The van der Waals surface area contributed by atoms with Crippen LogP contribution in [0.5, 0.6) is 5.75 Å². The van der Waals surface area contributed by atoms with Crippen LogP contribution in [0.25, 0.3) is 0 Å². The fourth-order valence-corrected chi connectivity index (χ4v) is 6.26. The van der Waals surface area contributed by atoms with E-state index >= 15 is 0 Å². The number of hydrogen-bond donors (Lipinski definition) is 0. The van der Waals surface area contributed by atoms with Crippen LogP contribution >= 0.6 is 35.7 Å². The van der Waals surface area contributed by atoms with Crippen LogP contribution in [0.1, 0.15) is 115 Å². The van der Waals surface area contributed by atoms with E-state index in [1.165, 1.54) is 120 Å². The van der Waals surface area contributed by atoms with Crippen molar-refractivity contribution in [2.45, 2.75) is 115 Å². The van der Waals surface area contributed by atoms with Crippen molar-refractivity contribution >= 4 is 40.9 Å². The van der Waals surface area contributed by atoms with Crippen molar-refractivity contribution in [3.8, 4) is 16.6 Å². The van der Waals surface area contributed by atoms with Crippen molar-refractivity contribution < 1.29 is 4.74 Å². The third-order valence-corrected chi connectivity index (χ3v) is 8.79. The van der Waals surface area contributed by atoms with Crippen LogP contribution < -0.4 is 4.74 Å². The van der Waals surface area contributed by atoms with Crippen LogP contribution in [-0.4, -0.2) is 29.8 Å². The number of thiocarbonyl (C=S) groups is 1. The molecule has 38 heavy (non-hydrogen) atoms. The van der Waals surface area contributed by atoms with E-state index in [9.17, 15) is 0 Å². The van der Waals surface area contributed by atoms with Gasteiger partial charge in [0.1, 0.15) is 16.6 Å². The quantitative estimate of drug-likeness (QED) is 0.0501. The van der Waals surface area contributed by atoms with E-state index in [0.717, 1.165) is 24.3 Å². The van der Waals surface area contributed by atoms with Crippen molar-refractivity contribution in [1.29, 1.82) is 10.5 Å². The number of thiocyanates is 2. The molecule has 0 atom stereocenters. The Morgan fingerprint density at radius 3 is 1.61 bits per heavy atom. The third-order valence-electron chi connectivity index (χ3n) is 7.01. The number of aliphatic imine (C=N–C) groups is 1. The molecule has 0 bridgehead atoms. The molecule has 7 heteroatoms. The maximum atomic E-state index is 9.10. The average molecular weight is 574 g/mol. The van der Waals surface area contributed by atoms with Gasteiger partial charge in [-0.3, -0.25) is 0 Å². The van der Waals surface area contributed by atoms with Crippen molar-refractivity contribution in [1.82, 2.24) is 0 Å². The molecule has 0 aromatic heterocycles. The molecule has 0 saturated carbocycles. The fraction of sp³-hybridized carbons (Fsp3) is 0.710. The van der Waals surface area contributed by atoms with E-state index in [4.69, 9.17) is 27.5 Å². The lowest BCUT2D eigenvalue weighted by Crippen LogP contribution is -2.35. The van der Waals surface area contributed by atoms with Crippen LogP contribution in [0.15, 0.2) is 29.3 Å². The molecule has 1 aromatic carbocycles. The van der Waals surface area contributed by atoms with Gasteiger partial charge in [0.15, 0.2) is 0 Å². The molecule has 0 fully saturated rings. The number of nitriles is 2. The second-order valence-electron chi connectivity index (χ2n) is 10.1. The minimum Gasteiger partial charge on any atom is -0.494 e. The zero-order valence-electron chi connectivity index (χ0n) is 23.4. The number of thioether (sulfide) groups is 2. The van der Waals surface area contributed by atoms with E-state index in [1.54, 1.807) is 0 Å². The highest BCUT2D eigenvalue weighted by Crippen LogP contribution is 2.33. The molecule has 210 valence electrons. The Bertz CT molecular complexity index is 823. The molecule has 4 nitrogen and oxygen atoms in total. The number of nitrogens with zero attached hydrogens (tertiary/aromatic N) is 3. The molecule has 0 amide bonds. The molecule has 0 spiro atoms. The summed E-state index contributed by atoms with van der Waals surface area (Å²) in [5.41, 5.74) is 0.589. The van der Waals surface area contributed by atoms with E-state index in [1.807, 2.05) is 24.3 Å². The van der Waals surface area contributed by atoms with Crippen molar-refractivity contribution in [2.75, 3.05) is 24.7 Å². The van der Waals surface area contributed by atoms with Crippen molar-refractivity contribution in [3.63, 3.8) is 0 Å². The number of ether oxygens (including phenoxy) is 1. The van der Waals surface area contributed by atoms with E-state index in [2.05, 4.69) is 27.9 Å². The van der Waals surface area contributed by atoms with Gasteiger partial charge in [0, 0.05) is 16.9 Å². The Balaban J connectivity index is 2.20. The minimum atomic E-state index is -0.445. The van der Waals surface area contributed by atoms with Gasteiger partial charge in [-0.15, -0.1) is 0 Å². The molecule has 0 aliphatic heterocycles. The number of unbranched alkanes of at least 4 members (excludes halogenated alkanes) is 15. The van der Waals surface area contributed by atoms with Crippen LogP contribution in [-0.2, 0) is 5.41 Å². The van der Waals surface area contributed by atoms with Gasteiger partial charge in [0.05, 0.1) is 18.3 Å². The molecule has 0 saturated heterocycles. The Kier molecular flexibility index (Phi) is 22.3. The van der Waals surface area contributed by atoms with Crippen molar-refractivity contribution in [2.24, 2.45) is 4.99 Å². The maximum Gasteiger partial charge on any atom is 0.133 e. The average Bonchev–Trinajstić information content (AvgIpc) is 2.95. The summed E-state index contributed by atoms with van der Waals surface area (Å²) in [6.45, 7) is 3.41. The van der Waals surface area contributed by atoms with Gasteiger partial charge in [-0.2, -0.15) is 10.5 Å². The Morgan fingerprint density at radius 1 is 0.737 bits per heavy atom. The molecular formula is C31H47N3OS3. The first-order chi connectivity index (χ1) is 18.7. The van der Waals surface area contributed by atoms with Gasteiger partial charge in [0.25, 0.3) is 0 Å². The first-order valence-corrected chi connectivity index (χ1v) is 16.9. The molecule has 0 radical (unpaired) electrons. The molecule has 0 heterocycles. The zero-order chi connectivity index (χ0) is 27.6. The smallest absolute Gasteiger partial charge is 0.133 e. The molecular weight excluding hydrogens is 527 g/mol. The number of isothiocyanates is 1. The molecule has 0 unspecified atom stereocenters.